The standard InChI is InChI=1S/C7H5BrFNO2/c8-4-2-1-3-5(6(4)9)10-7(11)12/h1-3,10H,(H,11,12). The smallest absolute Gasteiger partial charge is 0.409 e. The number of nitrogens with one attached hydrogen (secondary N) is 1. The number of carbonyl (C=O) groups is 1. The molecule has 12 heavy (non-hydrogen) atoms. The summed E-state index contributed by atoms with van der Waals surface area (Å²) in [6.45, 7) is 0. The van der Waals surface area contributed by atoms with Gasteiger partial charge in [0.2, 0.25) is 0 Å². The highest BCUT2D eigenvalue weighted by Gasteiger charge is 2.06. The predicted molar refractivity (Wildman–Crippen MR) is 45.7 cm³/mol. The molecule has 0 saturated heterocycles. The lowest BCUT2D eigenvalue weighted by molar-refractivity contribution is 0.209. The zero-order chi connectivity index (χ0) is 9.14. The monoisotopic (exact) mass is 233 g/mol. The molecule has 64 valence electrons. The van der Waals surface area contributed by atoms with Gasteiger partial charge in [0.15, 0.2) is 5.82 Å². The third-order valence-corrected chi connectivity index (χ3v) is 1.81. The fourth-order valence-corrected chi connectivity index (χ4v) is 1.08. The normalized spacial score (nSPS) is 9.50. The van der Waals surface area contributed by atoms with Crippen LogP contribution in [0.15, 0.2) is 22.7 Å². The summed E-state index contributed by atoms with van der Waals surface area (Å²) in [5.74, 6) is -0.611. The largest absolute Gasteiger partial charge is 0.465 e. The molecule has 0 saturated carbocycles. The molecule has 0 unspecified atom stereocenters. The average Bonchev–Trinajstić information content (AvgIpc) is 1.98. The van der Waals surface area contributed by atoms with Crippen LogP contribution in [-0.4, -0.2) is 11.2 Å². The van der Waals surface area contributed by atoms with Crippen molar-refractivity contribution in [3.8, 4) is 0 Å². The molecule has 0 spiro atoms. The molecule has 0 bridgehead atoms. The van der Waals surface area contributed by atoms with E-state index in [1.165, 1.54) is 12.1 Å². The lowest BCUT2D eigenvalue weighted by atomic mass is 10.3. The van der Waals surface area contributed by atoms with Gasteiger partial charge in [-0.2, -0.15) is 0 Å². The predicted octanol–water partition coefficient (Wildman–Crippen LogP) is 2.68. The highest BCUT2D eigenvalue weighted by Crippen LogP contribution is 2.22. The molecular weight excluding hydrogens is 229 g/mol. The van der Waals surface area contributed by atoms with Crippen molar-refractivity contribution < 1.29 is 14.3 Å². The van der Waals surface area contributed by atoms with Crippen LogP contribution < -0.4 is 5.32 Å². The van der Waals surface area contributed by atoms with Gasteiger partial charge in [0.1, 0.15) is 0 Å². The molecule has 1 aromatic rings. The Labute approximate surface area is 76.3 Å². The number of carboxylic acid groups (broad SMARTS) is 1. The first-order valence-electron chi connectivity index (χ1n) is 3.05. The SMILES string of the molecule is O=C(O)Nc1cccc(Br)c1F. The Morgan fingerprint density at radius 2 is 2.25 bits per heavy atom. The first-order chi connectivity index (χ1) is 5.61. The van der Waals surface area contributed by atoms with E-state index in [1.54, 1.807) is 6.07 Å². The van der Waals surface area contributed by atoms with Crippen LogP contribution in [0, 0.1) is 5.82 Å². The number of rotatable bonds is 1. The second-order valence-electron chi connectivity index (χ2n) is 2.03. The van der Waals surface area contributed by atoms with Crippen molar-refractivity contribution >= 4 is 27.7 Å². The highest BCUT2D eigenvalue weighted by atomic mass is 79.9. The minimum atomic E-state index is -1.29. The van der Waals surface area contributed by atoms with Gasteiger partial charge in [-0.3, -0.25) is 5.32 Å². The highest BCUT2D eigenvalue weighted by molar-refractivity contribution is 9.10. The fraction of sp³-hybridized carbons (Fsp3) is 0. The van der Waals surface area contributed by atoms with Gasteiger partial charge in [0.05, 0.1) is 10.2 Å². The van der Waals surface area contributed by atoms with Crippen molar-refractivity contribution in [1.82, 2.24) is 0 Å². The molecule has 1 rings (SSSR count). The molecule has 0 heterocycles. The zero-order valence-corrected chi connectivity index (χ0v) is 7.43. The molecule has 0 atom stereocenters. The van der Waals surface area contributed by atoms with Gasteiger partial charge in [-0.05, 0) is 28.1 Å². The number of hydrogen-bond donors (Lipinski definition) is 2. The molecule has 0 aliphatic heterocycles. The Bertz CT molecular complexity index is 316. The third-order valence-electron chi connectivity index (χ3n) is 1.19. The number of anilines is 1. The van der Waals surface area contributed by atoms with E-state index in [2.05, 4.69) is 15.9 Å². The van der Waals surface area contributed by atoms with E-state index < -0.39 is 11.9 Å². The maximum absolute atomic E-state index is 13.0. The Hall–Kier alpha value is -1.10. The Morgan fingerprint density at radius 1 is 1.58 bits per heavy atom. The van der Waals surface area contributed by atoms with Crippen LogP contribution >= 0.6 is 15.9 Å². The average molecular weight is 234 g/mol. The summed E-state index contributed by atoms with van der Waals surface area (Å²) in [5.41, 5.74) is -0.0584. The van der Waals surface area contributed by atoms with Crippen molar-refractivity contribution in [2.75, 3.05) is 5.32 Å². The topological polar surface area (TPSA) is 49.3 Å². The molecule has 0 fully saturated rings. The first kappa shape index (κ1) is 8.99. The molecule has 0 aliphatic carbocycles. The van der Waals surface area contributed by atoms with Gasteiger partial charge in [0.25, 0.3) is 0 Å². The minimum Gasteiger partial charge on any atom is -0.465 e. The number of benzene rings is 1. The van der Waals surface area contributed by atoms with Crippen LogP contribution in [0.2, 0.25) is 0 Å². The van der Waals surface area contributed by atoms with Gasteiger partial charge >= 0.3 is 6.09 Å². The van der Waals surface area contributed by atoms with Crippen molar-refractivity contribution in [3.05, 3.63) is 28.5 Å². The first-order valence-corrected chi connectivity index (χ1v) is 3.84. The van der Waals surface area contributed by atoms with Crippen molar-refractivity contribution in [1.29, 1.82) is 0 Å². The lowest BCUT2D eigenvalue weighted by Gasteiger charge is -2.02. The minimum absolute atomic E-state index is 0.0584. The molecule has 2 N–H and O–H groups in total. The quantitative estimate of drug-likeness (QED) is 0.784. The van der Waals surface area contributed by atoms with E-state index in [4.69, 9.17) is 5.11 Å². The zero-order valence-electron chi connectivity index (χ0n) is 5.84. The van der Waals surface area contributed by atoms with Gasteiger partial charge in [-0.1, -0.05) is 6.07 Å². The van der Waals surface area contributed by atoms with Gasteiger partial charge in [-0.25, -0.2) is 9.18 Å². The van der Waals surface area contributed by atoms with E-state index in [-0.39, 0.29) is 10.2 Å². The molecule has 0 aromatic heterocycles. The molecule has 3 nitrogen and oxygen atoms in total. The summed E-state index contributed by atoms with van der Waals surface area (Å²) in [6.07, 6.45) is -1.29. The van der Waals surface area contributed by atoms with Gasteiger partial charge in [-0.15, -0.1) is 0 Å². The Balaban J connectivity index is 3.00. The second kappa shape index (κ2) is 3.53. The summed E-state index contributed by atoms with van der Waals surface area (Å²) in [5, 5.41) is 10.2. The summed E-state index contributed by atoms with van der Waals surface area (Å²) >= 11 is 2.93. The molecule has 0 aliphatic rings. The maximum atomic E-state index is 13.0. The maximum Gasteiger partial charge on any atom is 0.409 e. The fourth-order valence-electron chi connectivity index (χ4n) is 0.716. The van der Waals surface area contributed by atoms with Crippen LogP contribution in [0.1, 0.15) is 0 Å². The van der Waals surface area contributed by atoms with Crippen LogP contribution in [0.5, 0.6) is 0 Å². The molecule has 0 radical (unpaired) electrons. The van der Waals surface area contributed by atoms with Crippen LogP contribution in [-0.2, 0) is 0 Å². The van der Waals surface area contributed by atoms with E-state index in [0.29, 0.717) is 0 Å². The summed E-state index contributed by atoms with van der Waals surface area (Å²) in [6, 6.07) is 4.37. The molecular formula is C7H5BrFNO2. The van der Waals surface area contributed by atoms with Crippen molar-refractivity contribution in [2.24, 2.45) is 0 Å². The van der Waals surface area contributed by atoms with E-state index in [0.717, 1.165) is 0 Å². The lowest BCUT2D eigenvalue weighted by Crippen LogP contribution is -2.08. The van der Waals surface area contributed by atoms with E-state index in [1.807, 2.05) is 5.32 Å². The van der Waals surface area contributed by atoms with Crippen molar-refractivity contribution in [3.63, 3.8) is 0 Å². The third kappa shape index (κ3) is 1.94. The summed E-state index contributed by atoms with van der Waals surface area (Å²) < 4.78 is 13.2. The molecule has 5 heteroatoms. The van der Waals surface area contributed by atoms with Crippen LogP contribution in [0.3, 0.4) is 0 Å². The molecule has 1 amide bonds. The van der Waals surface area contributed by atoms with E-state index in [9.17, 15) is 9.18 Å². The van der Waals surface area contributed by atoms with Gasteiger partial charge in [0, 0.05) is 0 Å². The Morgan fingerprint density at radius 3 is 2.83 bits per heavy atom. The number of halogens is 2. The second-order valence-corrected chi connectivity index (χ2v) is 2.89. The summed E-state index contributed by atoms with van der Waals surface area (Å²) in [7, 11) is 0. The van der Waals surface area contributed by atoms with Crippen LogP contribution in [0.4, 0.5) is 14.9 Å². The van der Waals surface area contributed by atoms with Gasteiger partial charge < -0.3 is 5.11 Å². The number of amides is 1. The molecule has 1 aromatic carbocycles. The van der Waals surface area contributed by atoms with Crippen molar-refractivity contribution in [2.45, 2.75) is 0 Å². The van der Waals surface area contributed by atoms with E-state index >= 15 is 0 Å². The Kier molecular flexibility index (Phi) is 2.65. The summed E-state index contributed by atoms with van der Waals surface area (Å²) in [4.78, 5) is 10.1. The number of hydrogen-bond acceptors (Lipinski definition) is 1. The van der Waals surface area contributed by atoms with Crippen LogP contribution in [0.25, 0.3) is 0 Å².